The number of hydrogen-bond donors (Lipinski definition) is 0. The zero-order valence-corrected chi connectivity index (χ0v) is 21.9. The number of ketones is 1. The van der Waals surface area contributed by atoms with E-state index in [0.717, 1.165) is 43.0 Å². The maximum atomic E-state index is 12.1. The average molecular weight is 536 g/mol. The van der Waals surface area contributed by atoms with Crippen LogP contribution in [0.15, 0.2) is 66.7 Å². The standard InChI is InChI=1S/C27H26Cl4N2O/c1-18(34)14-21(19-2-6-22(28)7-3-19)16-32-12-13-33(26-11-10-24(30)15-25(26)31)27(17-32)20-4-8-23(29)9-5-20/h2-11,15,21,27H,12-14,16-17H2,1H3/t21-,27-/m0/s1. The lowest BCUT2D eigenvalue weighted by Crippen LogP contribution is -2.49. The first-order valence-electron chi connectivity index (χ1n) is 11.2. The first kappa shape index (κ1) is 25.3. The van der Waals surface area contributed by atoms with E-state index in [-0.39, 0.29) is 17.7 Å². The van der Waals surface area contributed by atoms with Crippen molar-refractivity contribution < 1.29 is 4.79 Å². The zero-order valence-electron chi connectivity index (χ0n) is 18.9. The molecule has 0 spiro atoms. The van der Waals surface area contributed by atoms with Gasteiger partial charge in [-0.15, -0.1) is 0 Å². The molecule has 34 heavy (non-hydrogen) atoms. The minimum atomic E-state index is 0.0767. The van der Waals surface area contributed by atoms with Crippen LogP contribution in [-0.2, 0) is 4.79 Å². The maximum Gasteiger partial charge on any atom is 0.130 e. The number of rotatable bonds is 7. The number of carbonyl (C=O) groups excluding carboxylic acids is 1. The molecule has 3 nitrogen and oxygen atoms in total. The summed E-state index contributed by atoms with van der Waals surface area (Å²) < 4.78 is 0. The van der Waals surface area contributed by atoms with Gasteiger partial charge in [-0.25, -0.2) is 0 Å². The SMILES string of the molecule is CC(=O)C[C@@H](CN1CCN(c2ccc(Cl)cc2Cl)[C@H](c2ccc(Cl)cc2)C1)c1ccc(Cl)cc1. The Morgan fingerprint density at radius 2 is 1.50 bits per heavy atom. The summed E-state index contributed by atoms with van der Waals surface area (Å²) in [6, 6.07) is 21.5. The number of hydrogen-bond acceptors (Lipinski definition) is 3. The van der Waals surface area contributed by atoms with Gasteiger partial charge in [0.25, 0.3) is 0 Å². The van der Waals surface area contributed by atoms with Crippen molar-refractivity contribution in [1.29, 1.82) is 0 Å². The lowest BCUT2D eigenvalue weighted by atomic mass is 9.92. The van der Waals surface area contributed by atoms with E-state index < -0.39 is 0 Å². The third-order valence-corrected chi connectivity index (χ3v) is 7.33. The van der Waals surface area contributed by atoms with Crippen molar-refractivity contribution in [3.63, 3.8) is 0 Å². The van der Waals surface area contributed by atoms with E-state index in [0.29, 0.717) is 26.5 Å². The molecule has 1 saturated heterocycles. The van der Waals surface area contributed by atoms with E-state index in [1.165, 1.54) is 0 Å². The fraction of sp³-hybridized carbons (Fsp3) is 0.296. The van der Waals surface area contributed by atoms with Gasteiger partial charge < -0.3 is 9.69 Å². The van der Waals surface area contributed by atoms with Crippen LogP contribution in [-0.4, -0.2) is 36.9 Å². The Morgan fingerprint density at radius 1 is 0.882 bits per heavy atom. The summed E-state index contributed by atoms with van der Waals surface area (Å²) in [6.07, 6.45) is 0.496. The number of nitrogens with zero attached hydrogens (tertiary/aromatic N) is 2. The summed E-state index contributed by atoms with van der Waals surface area (Å²) in [5, 5.41) is 2.65. The number of carbonyl (C=O) groups is 1. The predicted octanol–water partition coefficient (Wildman–Crippen LogP) is 7.93. The van der Waals surface area contributed by atoms with E-state index >= 15 is 0 Å². The number of benzene rings is 3. The average Bonchev–Trinajstić information content (AvgIpc) is 2.80. The number of Topliss-reactive ketones (excluding diaryl/α,β-unsaturated/α-hetero) is 1. The molecule has 178 valence electrons. The van der Waals surface area contributed by atoms with Crippen LogP contribution in [0.3, 0.4) is 0 Å². The highest BCUT2D eigenvalue weighted by molar-refractivity contribution is 6.36. The first-order chi connectivity index (χ1) is 16.3. The van der Waals surface area contributed by atoms with Gasteiger partial charge in [0.05, 0.1) is 16.8 Å². The van der Waals surface area contributed by atoms with Gasteiger partial charge in [-0.2, -0.15) is 0 Å². The molecule has 7 heteroatoms. The van der Waals surface area contributed by atoms with Crippen molar-refractivity contribution in [1.82, 2.24) is 4.90 Å². The van der Waals surface area contributed by atoms with Gasteiger partial charge in [0.1, 0.15) is 5.78 Å². The van der Waals surface area contributed by atoms with E-state index in [1.807, 2.05) is 48.5 Å². The number of halogens is 4. The molecular formula is C27H26Cl4N2O. The van der Waals surface area contributed by atoms with Crippen molar-refractivity contribution >= 4 is 57.9 Å². The molecular weight excluding hydrogens is 510 g/mol. The monoisotopic (exact) mass is 534 g/mol. The molecule has 3 aromatic carbocycles. The van der Waals surface area contributed by atoms with Crippen LogP contribution in [0.25, 0.3) is 0 Å². The molecule has 1 heterocycles. The van der Waals surface area contributed by atoms with Crippen LogP contribution in [0.2, 0.25) is 20.1 Å². The molecule has 3 aromatic rings. The highest BCUT2D eigenvalue weighted by Gasteiger charge is 2.31. The Balaban J connectivity index is 1.61. The lowest BCUT2D eigenvalue weighted by Gasteiger charge is -2.44. The maximum absolute atomic E-state index is 12.1. The fourth-order valence-corrected chi connectivity index (χ4v) is 5.43. The predicted molar refractivity (Wildman–Crippen MR) is 144 cm³/mol. The molecule has 1 fully saturated rings. The van der Waals surface area contributed by atoms with Crippen molar-refractivity contribution in [3.8, 4) is 0 Å². The van der Waals surface area contributed by atoms with Crippen LogP contribution in [0.5, 0.6) is 0 Å². The van der Waals surface area contributed by atoms with Gasteiger partial charge in [-0.1, -0.05) is 70.7 Å². The summed E-state index contributed by atoms with van der Waals surface area (Å²) in [5.41, 5.74) is 3.25. The Labute approximate surface area is 221 Å². The molecule has 1 aliphatic rings. The fourth-order valence-electron chi connectivity index (χ4n) is 4.66. The third-order valence-electron chi connectivity index (χ3n) is 6.29. The second-order valence-corrected chi connectivity index (χ2v) is 10.5. The zero-order chi connectivity index (χ0) is 24.2. The smallest absolute Gasteiger partial charge is 0.130 e. The van der Waals surface area contributed by atoms with Crippen LogP contribution < -0.4 is 4.90 Å². The van der Waals surface area contributed by atoms with Crippen molar-refractivity contribution in [2.24, 2.45) is 0 Å². The summed E-state index contributed by atoms with van der Waals surface area (Å²) in [7, 11) is 0. The van der Waals surface area contributed by atoms with Gasteiger partial charge in [-0.05, 0) is 60.5 Å². The molecule has 2 atom stereocenters. The number of piperazine rings is 1. The van der Waals surface area contributed by atoms with E-state index in [9.17, 15) is 4.79 Å². The largest absolute Gasteiger partial charge is 0.361 e. The molecule has 0 N–H and O–H groups in total. The Bertz CT molecular complexity index is 1130. The normalized spacial score (nSPS) is 17.6. The molecule has 0 saturated carbocycles. The van der Waals surface area contributed by atoms with Crippen LogP contribution in [0, 0.1) is 0 Å². The van der Waals surface area contributed by atoms with Gasteiger partial charge in [0.15, 0.2) is 0 Å². The van der Waals surface area contributed by atoms with Crippen molar-refractivity contribution in [2.75, 3.05) is 31.1 Å². The van der Waals surface area contributed by atoms with Gasteiger partial charge in [-0.3, -0.25) is 4.90 Å². The molecule has 0 aliphatic carbocycles. The van der Waals surface area contributed by atoms with Crippen LogP contribution >= 0.6 is 46.4 Å². The molecule has 0 radical (unpaired) electrons. The van der Waals surface area contributed by atoms with Crippen LogP contribution in [0.1, 0.15) is 36.4 Å². The van der Waals surface area contributed by atoms with Gasteiger partial charge >= 0.3 is 0 Å². The Kier molecular flexibility index (Phi) is 8.44. The van der Waals surface area contributed by atoms with E-state index in [4.69, 9.17) is 46.4 Å². The molecule has 0 amide bonds. The summed E-state index contributed by atoms with van der Waals surface area (Å²) >= 11 is 25.0. The topological polar surface area (TPSA) is 23.6 Å². The van der Waals surface area contributed by atoms with E-state index in [1.54, 1.807) is 13.0 Å². The van der Waals surface area contributed by atoms with Crippen molar-refractivity contribution in [2.45, 2.75) is 25.3 Å². The summed E-state index contributed by atoms with van der Waals surface area (Å²) in [5.74, 6) is 0.284. The minimum Gasteiger partial charge on any atom is -0.361 e. The molecule has 1 aliphatic heterocycles. The molecule has 4 rings (SSSR count). The van der Waals surface area contributed by atoms with Gasteiger partial charge in [0.2, 0.25) is 0 Å². The Morgan fingerprint density at radius 3 is 2.12 bits per heavy atom. The quantitative estimate of drug-likeness (QED) is 0.307. The third kappa shape index (κ3) is 6.27. The molecule has 0 bridgehead atoms. The van der Waals surface area contributed by atoms with Crippen LogP contribution in [0.4, 0.5) is 5.69 Å². The minimum absolute atomic E-state index is 0.0767. The highest BCUT2D eigenvalue weighted by Crippen LogP contribution is 2.37. The first-order valence-corrected chi connectivity index (χ1v) is 12.8. The molecule has 0 aromatic heterocycles. The molecule has 0 unspecified atom stereocenters. The Hall–Kier alpha value is -1.75. The number of anilines is 1. The second-order valence-electron chi connectivity index (χ2n) is 8.77. The van der Waals surface area contributed by atoms with Gasteiger partial charge in [0, 0.05) is 53.6 Å². The second kappa shape index (κ2) is 11.3. The lowest BCUT2D eigenvalue weighted by molar-refractivity contribution is -0.117. The highest BCUT2D eigenvalue weighted by atomic mass is 35.5. The van der Waals surface area contributed by atoms with E-state index in [2.05, 4.69) is 21.9 Å². The summed E-state index contributed by atoms with van der Waals surface area (Å²) in [4.78, 5) is 16.8. The summed E-state index contributed by atoms with van der Waals surface area (Å²) in [6.45, 7) is 4.88. The van der Waals surface area contributed by atoms with Crippen molar-refractivity contribution in [3.05, 3.63) is 97.9 Å².